The van der Waals surface area contributed by atoms with Crippen molar-refractivity contribution >= 4 is 37.3 Å². The van der Waals surface area contributed by atoms with Gasteiger partial charge in [-0.2, -0.15) is 0 Å². The van der Waals surface area contributed by atoms with E-state index in [1.54, 1.807) is 18.2 Å². The van der Waals surface area contributed by atoms with Crippen LogP contribution < -0.4 is 0 Å². The third-order valence-electron chi connectivity index (χ3n) is 3.67. The normalized spacial score (nSPS) is 14.5. The van der Waals surface area contributed by atoms with Gasteiger partial charge in [0, 0.05) is 3.57 Å². The number of aryl methyl sites for hydroxylation is 2. The molecule has 0 heterocycles. The molecule has 0 fully saturated rings. The molecule has 3 rings (SSSR count). The first-order valence-electron chi connectivity index (χ1n) is 6.79. The van der Waals surface area contributed by atoms with E-state index < -0.39 is 9.84 Å². The molecule has 0 saturated carbocycles. The highest BCUT2D eigenvalue weighted by molar-refractivity contribution is 14.1. The van der Waals surface area contributed by atoms with E-state index in [4.69, 9.17) is 0 Å². The number of rotatable bonds is 2. The zero-order valence-electron chi connectivity index (χ0n) is 11.6. The van der Waals surface area contributed by atoms with E-state index >= 15 is 0 Å². The first kappa shape index (κ1) is 14.8. The Balaban J connectivity index is 2.15. The summed E-state index contributed by atoms with van der Waals surface area (Å²) in [4.78, 5) is 0.825. The van der Waals surface area contributed by atoms with Crippen LogP contribution in [0.4, 0.5) is 0 Å². The maximum Gasteiger partial charge on any atom is 0.206 e. The Morgan fingerprint density at radius 2 is 1.90 bits per heavy atom. The van der Waals surface area contributed by atoms with Crippen LogP contribution in [-0.4, -0.2) is 8.42 Å². The fourth-order valence-electron chi connectivity index (χ4n) is 2.64. The van der Waals surface area contributed by atoms with Gasteiger partial charge in [-0.25, -0.2) is 8.42 Å². The summed E-state index contributed by atoms with van der Waals surface area (Å²) in [7, 11) is -3.45. The summed E-state index contributed by atoms with van der Waals surface area (Å²) in [6.45, 7) is 1.91. The first-order chi connectivity index (χ1) is 9.98. The lowest BCUT2D eigenvalue weighted by Gasteiger charge is -2.18. The second-order valence-electron chi connectivity index (χ2n) is 5.23. The molecule has 1 aliphatic rings. The molecule has 0 amide bonds. The molecule has 0 unspecified atom stereocenters. The minimum atomic E-state index is -3.45. The topological polar surface area (TPSA) is 34.1 Å². The number of sulfone groups is 1. The van der Waals surface area contributed by atoms with E-state index in [2.05, 4.69) is 28.7 Å². The second-order valence-corrected chi connectivity index (χ2v) is 8.39. The Kier molecular flexibility index (Phi) is 3.92. The van der Waals surface area contributed by atoms with Gasteiger partial charge in [-0.1, -0.05) is 24.3 Å². The molecule has 0 saturated heterocycles. The van der Waals surface area contributed by atoms with E-state index in [0.29, 0.717) is 9.80 Å². The molecule has 2 aromatic carbocycles. The Labute approximate surface area is 139 Å². The van der Waals surface area contributed by atoms with Crippen molar-refractivity contribution in [2.24, 2.45) is 0 Å². The first-order valence-corrected chi connectivity index (χ1v) is 9.35. The van der Waals surface area contributed by atoms with E-state index in [1.807, 2.05) is 31.2 Å². The van der Waals surface area contributed by atoms with E-state index in [1.165, 1.54) is 0 Å². The molecular formula is C17H15IO2S. The van der Waals surface area contributed by atoms with E-state index in [9.17, 15) is 8.42 Å². The van der Waals surface area contributed by atoms with Crippen molar-refractivity contribution in [3.8, 4) is 0 Å². The largest absolute Gasteiger partial charge is 0.219 e. The zero-order valence-corrected chi connectivity index (χ0v) is 14.6. The summed E-state index contributed by atoms with van der Waals surface area (Å²) >= 11 is 2.26. The minimum absolute atomic E-state index is 0.375. The average molecular weight is 410 g/mol. The maximum atomic E-state index is 12.9. The maximum absolute atomic E-state index is 12.9. The van der Waals surface area contributed by atoms with Crippen molar-refractivity contribution in [2.45, 2.75) is 24.7 Å². The molecule has 2 aromatic rings. The van der Waals surface area contributed by atoms with Gasteiger partial charge in [0.2, 0.25) is 9.84 Å². The van der Waals surface area contributed by atoms with Crippen LogP contribution in [0.15, 0.2) is 53.4 Å². The number of fused-ring (bicyclic) bond motifs is 1. The fourth-order valence-corrected chi connectivity index (χ4v) is 4.88. The number of benzene rings is 2. The summed E-state index contributed by atoms with van der Waals surface area (Å²) in [5.74, 6) is 0. The average Bonchev–Trinajstić information content (AvgIpc) is 2.46. The van der Waals surface area contributed by atoms with Crippen LogP contribution in [0.25, 0.3) is 4.91 Å². The van der Waals surface area contributed by atoms with Crippen LogP contribution in [-0.2, 0) is 16.3 Å². The van der Waals surface area contributed by atoms with Crippen molar-refractivity contribution in [1.29, 1.82) is 0 Å². The summed E-state index contributed by atoms with van der Waals surface area (Å²) < 4.78 is 27.0. The summed E-state index contributed by atoms with van der Waals surface area (Å²) in [6, 6.07) is 13.1. The van der Waals surface area contributed by atoms with Crippen LogP contribution in [0.2, 0.25) is 0 Å². The van der Waals surface area contributed by atoms with Gasteiger partial charge in [-0.15, -0.1) is 0 Å². The smallest absolute Gasteiger partial charge is 0.206 e. The Morgan fingerprint density at radius 3 is 2.67 bits per heavy atom. The van der Waals surface area contributed by atoms with Crippen molar-refractivity contribution in [1.82, 2.24) is 0 Å². The summed E-state index contributed by atoms with van der Waals surface area (Å²) in [6.07, 6.45) is 3.53. The van der Waals surface area contributed by atoms with Gasteiger partial charge in [0.05, 0.1) is 9.80 Å². The molecular weight excluding hydrogens is 395 g/mol. The highest BCUT2D eigenvalue weighted by Gasteiger charge is 2.26. The predicted octanol–water partition coefficient (Wildman–Crippen LogP) is 4.36. The molecule has 1 aliphatic carbocycles. The number of hydrogen-bond acceptors (Lipinski definition) is 2. The van der Waals surface area contributed by atoms with Gasteiger partial charge in [0.25, 0.3) is 0 Å². The molecule has 0 radical (unpaired) electrons. The van der Waals surface area contributed by atoms with Gasteiger partial charge in [0.15, 0.2) is 0 Å². The third-order valence-corrected chi connectivity index (χ3v) is 6.18. The Morgan fingerprint density at radius 1 is 1.10 bits per heavy atom. The monoisotopic (exact) mass is 410 g/mol. The molecule has 0 atom stereocenters. The second kappa shape index (κ2) is 5.57. The highest BCUT2D eigenvalue weighted by Crippen LogP contribution is 2.35. The van der Waals surface area contributed by atoms with Crippen molar-refractivity contribution in [2.75, 3.05) is 0 Å². The lowest BCUT2D eigenvalue weighted by atomic mass is 9.97. The quantitative estimate of drug-likeness (QED) is 0.690. The van der Waals surface area contributed by atoms with Gasteiger partial charge in [-0.05, 0) is 83.3 Å². The van der Waals surface area contributed by atoms with Crippen molar-refractivity contribution < 1.29 is 8.42 Å². The van der Waals surface area contributed by atoms with Crippen LogP contribution in [0.3, 0.4) is 0 Å². The number of allylic oxidation sites excluding steroid dienone is 1. The van der Waals surface area contributed by atoms with E-state index in [-0.39, 0.29) is 0 Å². The lowest BCUT2D eigenvalue weighted by molar-refractivity contribution is 0.605. The highest BCUT2D eigenvalue weighted by atomic mass is 127. The molecule has 0 N–H and O–H groups in total. The number of halogens is 1. The third kappa shape index (κ3) is 2.79. The van der Waals surface area contributed by atoms with Crippen LogP contribution in [0, 0.1) is 10.5 Å². The molecule has 2 nitrogen and oxygen atoms in total. The van der Waals surface area contributed by atoms with Crippen molar-refractivity contribution in [3.63, 3.8) is 0 Å². The zero-order chi connectivity index (χ0) is 15.0. The molecule has 21 heavy (non-hydrogen) atoms. The summed E-state index contributed by atoms with van der Waals surface area (Å²) in [5.41, 5.74) is 2.93. The summed E-state index contributed by atoms with van der Waals surface area (Å²) in [5, 5.41) is 0. The Hall–Kier alpha value is -1.14. The molecule has 0 bridgehead atoms. The van der Waals surface area contributed by atoms with Crippen LogP contribution in [0.5, 0.6) is 0 Å². The van der Waals surface area contributed by atoms with E-state index in [0.717, 1.165) is 33.1 Å². The van der Waals surface area contributed by atoms with Crippen LogP contribution >= 0.6 is 22.6 Å². The SMILES string of the molecule is Cc1cccc(S(=O)(=O)C2=CCCc3cc(I)ccc32)c1. The number of hydrogen-bond donors (Lipinski definition) is 0. The molecule has 0 aromatic heterocycles. The fraction of sp³-hybridized carbons (Fsp3) is 0.176. The van der Waals surface area contributed by atoms with Gasteiger partial charge >= 0.3 is 0 Å². The molecule has 4 heteroatoms. The van der Waals surface area contributed by atoms with Gasteiger partial charge in [-0.3, -0.25) is 0 Å². The van der Waals surface area contributed by atoms with Crippen LogP contribution in [0.1, 0.15) is 23.1 Å². The predicted molar refractivity (Wildman–Crippen MR) is 93.8 cm³/mol. The van der Waals surface area contributed by atoms with Crippen molar-refractivity contribution in [3.05, 3.63) is 68.8 Å². The molecule has 0 spiro atoms. The lowest BCUT2D eigenvalue weighted by Crippen LogP contribution is -2.10. The van der Waals surface area contributed by atoms with Gasteiger partial charge < -0.3 is 0 Å². The molecule has 0 aliphatic heterocycles. The Bertz CT molecular complexity index is 836. The molecule has 108 valence electrons. The van der Waals surface area contributed by atoms with Gasteiger partial charge in [0.1, 0.15) is 0 Å². The minimum Gasteiger partial charge on any atom is -0.219 e. The standard InChI is InChI=1S/C17H15IO2S/c1-12-4-2-6-15(10-12)21(19,20)17-7-3-5-13-11-14(18)8-9-16(13)17/h2,4,6-11H,3,5H2,1H3.